The SMILES string of the molecule is CC(=O)N/C(=C/c1ccccc1)C(=O)N1CC[C@@H](Nc2ccccc2)C1. The molecule has 5 heteroatoms. The third kappa shape index (κ3) is 4.72. The van der Waals surface area contributed by atoms with E-state index in [1.807, 2.05) is 60.7 Å². The number of nitrogens with zero attached hydrogens (tertiary/aromatic N) is 1. The van der Waals surface area contributed by atoms with Gasteiger partial charge in [0.1, 0.15) is 5.70 Å². The topological polar surface area (TPSA) is 61.4 Å². The Morgan fingerprint density at radius 1 is 1.04 bits per heavy atom. The Morgan fingerprint density at radius 2 is 1.69 bits per heavy atom. The molecule has 3 rings (SSSR count). The summed E-state index contributed by atoms with van der Waals surface area (Å²) in [5.74, 6) is -0.403. The van der Waals surface area contributed by atoms with Gasteiger partial charge in [0.15, 0.2) is 0 Å². The maximum absolute atomic E-state index is 12.9. The van der Waals surface area contributed by atoms with Crippen LogP contribution in [-0.4, -0.2) is 35.8 Å². The van der Waals surface area contributed by atoms with E-state index in [0.29, 0.717) is 18.8 Å². The van der Waals surface area contributed by atoms with Crippen LogP contribution in [0.15, 0.2) is 66.4 Å². The van der Waals surface area contributed by atoms with Gasteiger partial charge in [0.25, 0.3) is 5.91 Å². The summed E-state index contributed by atoms with van der Waals surface area (Å²) in [4.78, 5) is 26.2. The first-order valence-corrected chi connectivity index (χ1v) is 8.77. The van der Waals surface area contributed by atoms with Gasteiger partial charge in [-0.2, -0.15) is 0 Å². The summed E-state index contributed by atoms with van der Waals surface area (Å²) in [6, 6.07) is 19.7. The van der Waals surface area contributed by atoms with Crippen molar-refractivity contribution >= 4 is 23.6 Å². The molecular formula is C21H23N3O2. The zero-order valence-electron chi connectivity index (χ0n) is 14.8. The maximum atomic E-state index is 12.9. The molecule has 1 heterocycles. The van der Waals surface area contributed by atoms with E-state index in [0.717, 1.165) is 17.7 Å². The predicted octanol–water partition coefficient (Wildman–Crippen LogP) is 2.88. The van der Waals surface area contributed by atoms with Gasteiger partial charge in [-0.25, -0.2) is 0 Å². The second-order valence-electron chi connectivity index (χ2n) is 6.40. The fourth-order valence-corrected chi connectivity index (χ4v) is 3.06. The van der Waals surface area contributed by atoms with Gasteiger partial charge in [-0.15, -0.1) is 0 Å². The van der Waals surface area contributed by atoms with Crippen LogP contribution in [-0.2, 0) is 9.59 Å². The van der Waals surface area contributed by atoms with Crippen LogP contribution in [0.25, 0.3) is 6.08 Å². The lowest BCUT2D eigenvalue weighted by molar-refractivity contribution is -0.128. The molecule has 2 aromatic rings. The molecule has 1 atom stereocenters. The highest BCUT2D eigenvalue weighted by Crippen LogP contribution is 2.18. The fourth-order valence-electron chi connectivity index (χ4n) is 3.06. The smallest absolute Gasteiger partial charge is 0.270 e. The Kier molecular flexibility index (Phi) is 5.69. The predicted molar refractivity (Wildman–Crippen MR) is 103 cm³/mol. The lowest BCUT2D eigenvalue weighted by atomic mass is 10.2. The van der Waals surface area contributed by atoms with Gasteiger partial charge in [-0.3, -0.25) is 9.59 Å². The maximum Gasteiger partial charge on any atom is 0.270 e. The van der Waals surface area contributed by atoms with E-state index in [-0.39, 0.29) is 17.9 Å². The number of amides is 2. The standard InChI is InChI=1S/C21H23N3O2/c1-16(25)22-20(14-17-8-4-2-5-9-17)21(26)24-13-12-19(15-24)23-18-10-6-3-7-11-18/h2-11,14,19,23H,12-13,15H2,1H3,(H,22,25)/b20-14+/t19-/m1/s1. The Bertz CT molecular complexity index is 787. The number of para-hydroxylation sites is 1. The molecule has 1 fully saturated rings. The molecule has 2 N–H and O–H groups in total. The molecule has 2 aromatic carbocycles. The minimum atomic E-state index is -0.251. The van der Waals surface area contributed by atoms with Crippen molar-refractivity contribution in [2.75, 3.05) is 18.4 Å². The molecule has 0 saturated carbocycles. The Hall–Kier alpha value is -3.08. The highest BCUT2D eigenvalue weighted by Gasteiger charge is 2.28. The van der Waals surface area contributed by atoms with Crippen LogP contribution in [0.3, 0.4) is 0 Å². The van der Waals surface area contributed by atoms with E-state index in [1.54, 1.807) is 11.0 Å². The second-order valence-corrected chi connectivity index (χ2v) is 6.40. The molecule has 0 aromatic heterocycles. The molecule has 2 amide bonds. The number of hydrogen-bond donors (Lipinski definition) is 2. The van der Waals surface area contributed by atoms with Gasteiger partial charge in [0.2, 0.25) is 5.91 Å². The normalized spacial score (nSPS) is 17.0. The molecule has 0 bridgehead atoms. The first kappa shape index (κ1) is 17.7. The summed E-state index contributed by atoms with van der Waals surface area (Å²) in [5.41, 5.74) is 2.24. The number of carbonyl (C=O) groups excluding carboxylic acids is 2. The van der Waals surface area contributed by atoms with Gasteiger partial charge in [-0.05, 0) is 30.2 Å². The Balaban J connectivity index is 1.69. The second kappa shape index (κ2) is 8.34. The van der Waals surface area contributed by atoms with Crippen molar-refractivity contribution in [3.05, 3.63) is 71.9 Å². The number of hydrogen-bond acceptors (Lipinski definition) is 3. The van der Waals surface area contributed by atoms with Gasteiger partial charge in [0.05, 0.1) is 0 Å². The first-order valence-electron chi connectivity index (χ1n) is 8.77. The van der Waals surface area contributed by atoms with Crippen molar-refractivity contribution in [3.8, 4) is 0 Å². The molecular weight excluding hydrogens is 326 g/mol. The molecule has 134 valence electrons. The van der Waals surface area contributed by atoms with Gasteiger partial charge in [-0.1, -0.05) is 48.5 Å². The molecule has 0 spiro atoms. The molecule has 5 nitrogen and oxygen atoms in total. The summed E-state index contributed by atoms with van der Waals surface area (Å²) in [6.45, 7) is 2.68. The highest BCUT2D eigenvalue weighted by molar-refractivity contribution is 6.01. The average Bonchev–Trinajstić information content (AvgIpc) is 3.10. The Morgan fingerprint density at radius 3 is 2.35 bits per heavy atom. The number of benzene rings is 2. The molecule has 1 aliphatic heterocycles. The van der Waals surface area contributed by atoms with Crippen LogP contribution in [0.1, 0.15) is 18.9 Å². The zero-order valence-corrected chi connectivity index (χ0v) is 14.8. The average molecular weight is 349 g/mol. The first-order chi connectivity index (χ1) is 12.6. The summed E-state index contributed by atoms with van der Waals surface area (Å²) in [7, 11) is 0. The molecule has 0 unspecified atom stereocenters. The van der Waals surface area contributed by atoms with Crippen LogP contribution in [0.5, 0.6) is 0 Å². The highest BCUT2D eigenvalue weighted by atomic mass is 16.2. The molecule has 0 radical (unpaired) electrons. The van der Waals surface area contributed by atoms with E-state index >= 15 is 0 Å². The number of nitrogens with one attached hydrogen (secondary N) is 2. The largest absolute Gasteiger partial charge is 0.380 e. The van der Waals surface area contributed by atoms with E-state index in [9.17, 15) is 9.59 Å². The van der Waals surface area contributed by atoms with Gasteiger partial charge >= 0.3 is 0 Å². The Labute approximate surface area is 153 Å². The third-order valence-electron chi connectivity index (χ3n) is 4.27. The van der Waals surface area contributed by atoms with E-state index in [4.69, 9.17) is 0 Å². The molecule has 1 saturated heterocycles. The number of likely N-dealkylation sites (tertiary alicyclic amines) is 1. The van der Waals surface area contributed by atoms with Crippen molar-refractivity contribution in [1.29, 1.82) is 0 Å². The van der Waals surface area contributed by atoms with Crippen LogP contribution >= 0.6 is 0 Å². The van der Waals surface area contributed by atoms with Crippen LogP contribution in [0, 0.1) is 0 Å². The van der Waals surface area contributed by atoms with Crippen molar-refractivity contribution in [2.45, 2.75) is 19.4 Å². The van der Waals surface area contributed by atoms with E-state index in [1.165, 1.54) is 6.92 Å². The number of anilines is 1. The molecule has 0 aliphatic carbocycles. The number of carbonyl (C=O) groups is 2. The zero-order chi connectivity index (χ0) is 18.4. The summed E-state index contributed by atoms with van der Waals surface area (Å²) in [6.07, 6.45) is 2.60. The van der Waals surface area contributed by atoms with Crippen LogP contribution in [0.4, 0.5) is 5.69 Å². The van der Waals surface area contributed by atoms with Crippen molar-refractivity contribution in [1.82, 2.24) is 10.2 Å². The van der Waals surface area contributed by atoms with Crippen LogP contribution < -0.4 is 10.6 Å². The van der Waals surface area contributed by atoms with Crippen molar-refractivity contribution < 1.29 is 9.59 Å². The minimum absolute atomic E-state index is 0.151. The lowest BCUT2D eigenvalue weighted by Crippen LogP contribution is -2.37. The molecule has 1 aliphatic rings. The minimum Gasteiger partial charge on any atom is -0.380 e. The molecule has 26 heavy (non-hydrogen) atoms. The summed E-state index contributed by atoms with van der Waals surface area (Å²) < 4.78 is 0. The summed E-state index contributed by atoms with van der Waals surface area (Å²) >= 11 is 0. The van der Waals surface area contributed by atoms with Crippen molar-refractivity contribution in [3.63, 3.8) is 0 Å². The van der Waals surface area contributed by atoms with E-state index < -0.39 is 0 Å². The number of rotatable bonds is 5. The van der Waals surface area contributed by atoms with Gasteiger partial charge < -0.3 is 15.5 Å². The third-order valence-corrected chi connectivity index (χ3v) is 4.27. The summed E-state index contributed by atoms with van der Waals surface area (Å²) in [5, 5.41) is 6.13. The van der Waals surface area contributed by atoms with Crippen molar-refractivity contribution in [2.24, 2.45) is 0 Å². The van der Waals surface area contributed by atoms with E-state index in [2.05, 4.69) is 10.6 Å². The van der Waals surface area contributed by atoms with Crippen LogP contribution in [0.2, 0.25) is 0 Å². The lowest BCUT2D eigenvalue weighted by Gasteiger charge is -2.19. The quantitative estimate of drug-likeness (QED) is 0.816. The van der Waals surface area contributed by atoms with Gasteiger partial charge in [0, 0.05) is 31.7 Å². The fraction of sp³-hybridized carbons (Fsp3) is 0.238. The monoisotopic (exact) mass is 349 g/mol.